The predicted octanol–water partition coefficient (Wildman–Crippen LogP) is 6.11. The first-order valence-corrected chi connectivity index (χ1v) is 12.1. The molecule has 0 amide bonds. The Hall–Kier alpha value is -4.66. The number of phenols is 2. The SMILES string of the molecule is ON=C(CC(c1ccccc1)N(O)C(CC(=NO)c1ccccc1O)c1ccccc1)c1ccccc1O. The van der Waals surface area contributed by atoms with Gasteiger partial charge in [0.1, 0.15) is 11.5 Å². The first kappa shape index (κ1) is 26.4. The third-order valence-electron chi connectivity index (χ3n) is 6.45. The van der Waals surface area contributed by atoms with Crippen LogP contribution in [0.4, 0.5) is 0 Å². The smallest absolute Gasteiger partial charge is 0.124 e. The minimum Gasteiger partial charge on any atom is -0.507 e. The lowest BCUT2D eigenvalue weighted by Crippen LogP contribution is -2.33. The van der Waals surface area contributed by atoms with Crippen LogP contribution >= 0.6 is 0 Å². The fraction of sp³-hybridized carbons (Fsp3) is 0.133. The van der Waals surface area contributed by atoms with Crippen molar-refractivity contribution in [2.24, 2.45) is 10.3 Å². The summed E-state index contributed by atoms with van der Waals surface area (Å²) in [5, 5.41) is 60.5. The Bertz CT molecular complexity index is 1290. The van der Waals surface area contributed by atoms with Crippen LogP contribution in [0.15, 0.2) is 120 Å². The van der Waals surface area contributed by atoms with Gasteiger partial charge < -0.3 is 25.8 Å². The molecule has 4 aromatic carbocycles. The highest BCUT2D eigenvalue weighted by Gasteiger charge is 2.31. The van der Waals surface area contributed by atoms with Gasteiger partial charge in [0.25, 0.3) is 0 Å². The molecule has 0 aliphatic carbocycles. The second-order valence-electron chi connectivity index (χ2n) is 8.77. The van der Waals surface area contributed by atoms with Crippen LogP contribution in [0, 0.1) is 0 Å². The van der Waals surface area contributed by atoms with Gasteiger partial charge in [-0.05, 0) is 35.4 Å². The molecule has 4 aromatic rings. The van der Waals surface area contributed by atoms with E-state index in [1.54, 1.807) is 36.4 Å². The number of hydrogen-bond donors (Lipinski definition) is 5. The molecular formula is C30H29N3O5. The monoisotopic (exact) mass is 511 g/mol. The Kier molecular flexibility index (Phi) is 8.71. The van der Waals surface area contributed by atoms with Gasteiger partial charge in [-0.15, -0.1) is 0 Å². The Morgan fingerprint density at radius 1 is 0.553 bits per heavy atom. The van der Waals surface area contributed by atoms with Crippen molar-refractivity contribution >= 4 is 11.4 Å². The van der Waals surface area contributed by atoms with Gasteiger partial charge in [-0.25, -0.2) is 0 Å². The molecule has 0 aliphatic heterocycles. The van der Waals surface area contributed by atoms with Crippen LogP contribution in [0.2, 0.25) is 0 Å². The van der Waals surface area contributed by atoms with E-state index in [1.165, 1.54) is 12.1 Å². The van der Waals surface area contributed by atoms with Crippen molar-refractivity contribution in [2.45, 2.75) is 24.9 Å². The van der Waals surface area contributed by atoms with Crippen molar-refractivity contribution < 1.29 is 25.8 Å². The number of oxime groups is 2. The molecule has 38 heavy (non-hydrogen) atoms. The molecular weight excluding hydrogens is 482 g/mol. The normalized spacial score (nSPS) is 13.8. The third-order valence-corrected chi connectivity index (χ3v) is 6.45. The number of phenolic OH excluding ortho intramolecular Hbond substituents is 2. The summed E-state index contributed by atoms with van der Waals surface area (Å²) < 4.78 is 0. The first-order valence-electron chi connectivity index (χ1n) is 12.1. The zero-order valence-corrected chi connectivity index (χ0v) is 20.5. The summed E-state index contributed by atoms with van der Waals surface area (Å²) in [4.78, 5) is 0. The van der Waals surface area contributed by atoms with Crippen LogP contribution in [0.1, 0.15) is 47.2 Å². The lowest BCUT2D eigenvalue weighted by atomic mass is 9.92. The van der Waals surface area contributed by atoms with Gasteiger partial charge in [0.15, 0.2) is 0 Å². The molecule has 2 atom stereocenters. The Morgan fingerprint density at radius 3 is 1.24 bits per heavy atom. The molecule has 0 spiro atoms. The molecule has 0 saturated heterocycles. The van der Waals surface area contributed by atoms with Gasteiger partial charge in [-0.3, -0.25) is 0 Å². The van der Waals surface area contributed by atoms with E-state index in [9.17, 15) is 25.8 Å². The summed E-state index contributed by atoms with van der Waals surface area (Å²) in [7, 11) is 0. The summed E-state index contributed by atoms with van der Waals surface area (Å²) >= 11 is 0. The van der Waals surface area contributed by atoms with Gasteiger partial charge in [0.05, 0.1) is 23.5 Å². The fourth-order valence-electron chi connectivity index (χ4n) is 4.51. The highest BCUT2D eigenvalue weighted by Crippen LogP contribution is 2.36. The zero-order valence-electron chi connectivity index (χ0n) is 20.5. The van der Waals surface area contributed by atoms with Gasteiger partial charge in [0, 0.05) is 24.0 Å². The van der Waals surface area contributed by atoms with Gasteiger partial charge in [0.2, 0.25) is 0 Å². The standard InChI is InChI=1S/C30H29N3O5/c34-29-17-9-7-15-23(29)25(31-36)19-27(21-11-3-1-4-12-21)33(38)28(22-13-5-2-6-14-22)20-26(32-37)24-16-8-10-18-30(24)35/h1-18,27-28,34-38H,19-20H2. The Labute approximate surface area is 220 Å². The van der Waals surface area contributed by atoms with Crippen molar-refractivity contribution in [3.63, 3.8) is 0 Å². The van der Waals surface area contributed by atoms with E-state index in [-0.39, 0.29) is 35.8 Å². The summed E-state index contributed by atoms with van der Waals surface area (Å²) in [6.45, 7) is 0. The van der Waals surface area contributed by atoms with Crippen LogP contribution in [-0.2, 0) is 0 Å². The van der Waals surface area contributed by atoms with Crippen molar-refractivity contribution in [3.05, 3.63) is 131 Å². The summed E-state index contributed by atoms with van der Waals surface area (Å²) in [6, 6.07) is 30.1. The van der Waals surface area contributed by atoms with Crippen molar-refractivity contribution in [3.8, 4) is 11.5 Å². The van der Waals surface area contributed by atoms with Gasteiger partial charge in [-0.1, -0.05) is 95.2 Å². The average Bonchev–Trinajstić information content (AvgIpc) is 2.96. The Morgan fingerprint density at radius 2 is 0.895 bits per heavy atom. The predicted molar refractivity (Wildman–Crippen MR) is 144 cm³/mol. The highest BCUT2D eigenvalue weighted by atomic mass is 16.5. The summed E-state index contributed by atoms with van der Waals surface area (Å²) in [5.41, 5.74) is 2.51. The topological polar surface area (TPSA) is 129 Å². The van der Waals surface area contributed by atoms with Crippen LogP contribution < -0.4 is 0 Å². The molecule has 8 nitrogen and oxygen atoms in total. The molecule has 0 radical (unpaired) electrons. The largest absolute Gasteiger partial charge is 0.507 e. The molecule has 194 valence electrons. The first-order chi connectivity index (χ1) is 18.5. The maximum Gasteiger partial charge on any atom is 0.124 e. The number of nitrogens with zero attached hydrogens (tertiary/aromatic N) is 3. The van der Waals surface area contributed by atoms with E-state index >= 15 is 0 Å². The van der Waals surface area contributed by atoms with Crippen LogP contribution in [0.5, 0.6) is 11.5 Å². The molecule has 2 unspecified atom stereocenters. The second kappa shape index (κ2) is 12.5. The average molecular weight is 512 g/mol. The maximum absolute atomic E-state index is 11.8. The molecule has 8 heteroatoms. The van der Waals surface area contributed by atoms with Gasteiger partial charge in [-0.2, -0.15) is 5.06 Å². The number of aromatic hydroxyl groups is 2. The molecule has 0 aromatic heterocycles. The molecule has 5 N–H and O–H groups in total. The molecule has 4 rings (SSSR count). The number of benzene rings is 4. The van der Waals surface area contributed by atoms with Crippen molar-refractivity contribution in [2.75, 3.05) is 0 Å². The van der Waals surface area contributed by atoms with E-state index in [4.69, 9.17) is 0 Å². The Balaban J connectivity index is 1.77. The van der Waals surface area contributed by atoms with E-state index in [1.807, 2.05) is 60.7 Å². The number of hydrogen-bond acceptors (Lipinski definition) is 8. The van der Waals surface area contributed by atoms with Crippen molar-refractivity contribution in [1.82, 2.24) is 5.06 Å². The number of rotatable bonds is 10. The van der Waals surface area contributed by atoms with E-state index in [2.05, 4.69) is 10.3 Å². The summed E-state index contributed by atoms with van der Waals surface area (Å²) in [5.74, 6) is -0.101. The fourth-order valence-corrected chi connectivity index (χ4v) is 4.51. The quantitative estimate of drug-likeness (QED) is 0.0993. The molecule has 0 fully saturated rings. The van der Waals surface area contributed by atoms with E-state index in [0.29, 0.717) is 11.1 Å². The second-order valence-corrected chi connectivity index (χ2v) is 8.77. The lowest BCUT2D eigenvalue weighted by molar-refractivity contribution is -0.161. The minimum atomic E-state index is -0.726. The molecule has 0 bridgehead atoms. The maximum atomic E-state index is 11.8. The summed E-state index contributed by atoms with van der Waals surface area (Å²) in [6.07, 6.45) is 0.0835. The third kappa shape index (κ3) is 6.00. The van der Waals surface area contributed by atoms with E-state index in [0.717, 1.165) is 16.2 Å². The van der Waals surface area contributed by atoms with E-state index < -0.39 is 12.1 Å². The lowest BCUT2D eigenvalue weighted by Gasteiger charge is -2.34. The molecule has 0 aliphatic rings. The van der Waals surface area contributed by atoms with Crippen LogP contribution in [-0.4, -0.2) is 42.3 Å². The molecule has 0 heterocycles. The van der Waals surface area contributed by atoms with Crippen LogP contribution in [0.25, 0.3) is 0 Å². The van der Waals surface area contributed by atoms with Crippen LogP contribution in [0.3, 0.4) is 0 Å². The zero-order chi connectivity index (χ0) is 26.9. The number of hydroxylamine groups is 2. The van der Waals surface area contributed by atoms with Gasteiger partial charge >= 0.3 is 0 Å². The minimum absolute atomic E-state index is 0.0418. The number of para-hydroxylation sites is 2. The highest BCUT2D eigenvalue weighted by molar-refractivity contribution is 6.03. The molecule has 0 saturated carbocycles. The van der Waals surface area contributed by atoms with Crippen molar-refractivity contribution in [1.29, 1.82) is 0 Å².